The van der Waals surface area contributed by atoms with Crippen LogP contribution in [0, 0.1) is 11.8 Å². The summed E-state index contributed by atoms with van der Waals surface area (Å²) in [4.78, 5) is 36.3. The van der Waals surface area contributed by atoms with Crippen molar-refractivity contribution in [3.05, 3.63) is 34.9 Å². The minimum atomic E-state index is -0.823. The molecule has 1 rings (SSSR count). The number of carbonyl (C=O) groups is 3. The van der Waals surface area contributed by atoms with Crippen LogP contribution in [0.15, 0.2) is 24.3 Å². The van der Waals surface area contributed by atoms with Gasteiger partial charge in [-0.3, -0.25) is 9.59 Å². The van der Waals surface area contributed by atoms with Crippen molar-refractivity contribution in [2.45, 2.75) is 40.2 Å². The van der Waals surface area contributed by atoms with E-state index in [9.17, 15) is 14.4 Å². The fourth-order valence-corrected chi connectivity index (χ4v) is 2.26. The molecular weight excluding hydrogens is 356 g/mol. The quantitative estimate of drug-likeness (QED) is 0.643. The molecule has 1 aromatic carbocycles. The number of ether oxygens (including phenoxy) is 1. The van der Waals surface area contributed by atoms with Crippen molar-refractivity contribution in [3.8, 4) is 0 Å². The Morgan fingerprint density at radius 1 is 1.04 bits per heavy atom. The largest absolute Gasteiger partial charge is 0.454 e. The van der Waals surface area contributed by atoms with E-state index in [1.165, 1.54) is 0 Å². The number of benzene rings is 1. The predicted octanol–water partition coefficient (Wildman–Crippen LogP) is 2.80. The van der Waals surface area contributed by atoms with Crippen LogP contribution >= 0.6 is 11.6 Å². The van der Waals surface area contributed by atoms with E-state index in [0.29, 0.717) is 29.5 Å². The van der Waals surface area contributed by atoms with Crippen molar-refractivity contribution in [2.75, 3.05) is 13.2 Å². The Labute approximate surface area is 159 Å². The second kappa shape index (κ2) is 10.8. The van der Waals surface area contributed by atoms with Crippen molar-refractivity contribution in [1.82, 2.24) is 10.6 Å². The van der Waals surface area contributed by atoms with Crippen molar-refractivity contribution in [2.24, 2.45) is 11.8 Å². The van der Waals surface area contributed by atoms with Gasteiger partial charge in [0.05, 0.1) is 0 Å². The molecule has 144 valence electrons. The molecule has 1 aromatic rings. The lowest BCUT2D eigenvalue weighted by atomic mass is 10.0. The lowest BCUT2D eigenvalue weighted by Crippen LogP contribution is -2.44. The van der Waals surface area contributed by atoms with Crippen LogP contribution in [0.5, 0.6) is 0 Å². The minimum absolute atomic E-state index is 0.160. The van der Waals surface area contributed by atoms with E-state index in [-0.39, 0.29) is 18.4 Å². The van der Waals surface area contributed by atoms with E-state index < -0.39 is 17.9 Å². The molecule has 0 aliphatic carbocycles. The van der Waals surface area contributed by atoms with E-state index in [4.69, 9.17) is 16.3 Å². The number of hydrogen-bond donors (Lipinski definition) is 2. The molecule has 0 heterocycles. The molecule has 2 amide bonds. The van der Waals surface area contributed by atoms with E-state index in [1.54, 1.807) is 24.3 Å². The van der Waals surface area contributed by atoms with Gasteiger partial charge in [0, 0.05) is 17.1 Å². The molecule has 6 nitrogen and oxygen atoms in total. The van der Waals surface area contributed by atoms with Crippen molar-refractivity contribution in [3.63, 3.8) is 0 Å². The normalized spacial score (nSPS) is 12.0. The Balaban J connectivity index is 2.64. The van der Waals surface area contributed by atoms with Gasteiger partial charge in [0.1, 0.15) is 6.04 Å². The zero-order valence-corrected chi connectivity index (χ0v) is 16.4. The number of carbonyl (C=O) groups excluding carboxylic acids is 3. The van der Waals surface area contributed by atoms with Gasteiger partial charge in [-0.15, -0.1) is 0 Å². The molecule has 0 aliphatic rings. The van der Waals surface area contributed by atoms with Gasteiger partial charge in [-0.05, 0) is 42.5 Å². The third kappa shape index (κ3) is 8.34. The lowest BCUT2D eigenvalue weighted by Gasteiger charge is -2.19. The smallest absolute Gasteiger partial charge is 0.329 e. The standard InChI is InChI=1S/C19H27ClN2O4/c1-12(2)9-16(19(25)26-11-17(23)21-10-13(3)4)22-18(24)14-5-7-15(20)8-6-14/h5-8,12-13,16H,9-11H2,1-4H3,(H,21,23)(H,22,24)/t16-/m0/s1. The zero-order chi connectivity index (χ0) is 19.7. The highest BCUT2D eigenvalue weighted by Gasteiger charge is 2.24. The Hall–Kier alpha value is -2.08. The molecule has 2 N–H and O–H groups in total. The van der Waals surface area contributed by atoms with Crippen molar-refractivity contribution < 1.29 is 19.1 Å². The summed E-state index contributed by atoms with van der Waals surface area (Å²) in [6, 6.07) is 5.54. The molecular formula is C19H27ClN2O4. The Kier molecular flexibility index (Phi) is 9.13. The van der Waals surface area contributed by atoms with Gasteiger partial charge in [-0.25, -0.2) is 4.79 Å². The number of rotatable bonds is 9. The van der Waals surface area contributed by atoms with Crippen LogP contribution in [-0.2, 0) is 14.3 Å². The molecule has 0 fully saturated rings. The zero-order valence-electron chi connectivity index (χ0n) is 15.7. The average molecular weight is 383 g/mol. The lowest BCUT2D eigenvalue weighted by molar-refractivity contribution is -0.150. The monoisotopic (exact) mass is 382 g/mol. The highest BCUT2D eigenvalue weighted by Crippen LogP contribution is 2.11. The Bertz CT molecular complexity index is 614. The van der Waals surface area contributed by atoms with Crippen LogP contribution < -0.4 is 10.6 Å². The molecule has 26 heavy (non-hydrogen) atoms. The average Bonchev–Trinajstić information content (AvgIpc) is 2.57. The molecule has 7 heteroatoms. The van der Waals surface area contributed by atoms with E-state index >= 15 is 0 Å². The first-order valence-electron chi connectivity index (χ1n) is 8.68. The molecule has 0 saturated carbocycles. The summed E-state index contributed by atoms with van der Waals surface area (Å²) in [5, 5.41) is 5.86. The fourth-order valence-electron chi connectivity index (χ4n) is 2.13. The van der Waals surface area contributed by atoms with Crippen molar-refractivity contribution >= 4 is 29.4 Å². The molecule has 0 radical (unpaired) electrons. The van der Waals surface area contributed by atoms with Crippen LogP contribution in [0.1, 0.15) is 44.5 Å². The predicted molar refractivity (Wildman–Crippen MR) is 101 cm³/mol. The van der Waals surface area contributed by atoms with Gasteiger partial charge < -0.3 is 15.4 Å². The first kappa shape index (κ1) is 22.0. The first-order valence-corrected chi connectivity index (χ1v) is 9.06. The maximum atomic E-state index is 12.3. The first-order chi connectivity index (χ1) is 12.2. The highest BCUT2D eigenvalue weighted by atomic mass is 35.5. The number of hydrogen-bond acceptors (Lipinski definition) is 4. The third-order valence-electron chi connectivity index (χ3n) is 3.46. The molecule has 0 saturated heterocycles. The van der Waals surface area contributed by atoms with E-state index in [0.717, 1.165) is 0 Å². The Morgan fingerprint density at radius 2 is 1.65 bits per heavy atom. The summed E-state index contributed by atoms with van der Waals surface area (Å²) in [6.45, 7) is 7.96. The van der Waals surface area contributed by atoms with Crippen LogP contribution in [0.25, 0.3) is 0 Å². The van der Waals surface area contributed by atoms with Gasteiger partial charge in [0.15, 0.2) is 6.61 Å². The molecule has 0 aliphatic heterocycles. The Morgan fingerprint density at radius 3 is 2.19 bits per heavy atom. The molecule has 0 aromatic heterocycles. The minimum Gasteiger partial charge on any atom is -0.454 e. The van der Waals surface area contributed by atoms with Gasteiger partial charge >= 0.3 is 5.97 Å². The SMILES string of the molecule is CC(C)CNC(=O)COC(=O)[C@H](CC(C)C)NC(=O)c1ccc(Cl)cc1. The molecule has 0 bridgehead atoms. The molecule has 0 spiro atoms. The fraction of sp³-hybridized carbons (Fsp3) is 0.526. The van der Waals surface area contributed by atoms with Gasteiger partial charge in [0.25, 0.3) is 11.8 Å². The maximum absolute atomic E-state index is 12.3. The van der Waals surface area contributed by atoms with Crippen LogP contribution in [0.4, 0.5) is 0 Å². The molecule has 1 atom stereocenters. The summed E-state index contributed by atoms with van der Waals surface area (Å²) in [5.74, 6) is -0.913. The molecule has 0 unspecified atom stereocenters. The second-order valence-corrected chi connectivity index (χ2v) is 7.40. The van der Waals surface area contributed by atoms with Gasteiger partial charge in [0.2, 0.25) is 0 Å². The van der Waals surface area contributed by atoms with Crippen LogP contribution in [0.2, 0.25) is 5.02 Å². The topological polar surface area (TPSA) is 84.5 Å². The summed E-state index contributed by atoms with van der Waals surface area (Å²) < 4.78 is 5.07. The van der Waals surface area contributed by atoms with Crippen LogP contribution in [-0.4, -0.2) is 37.0 Å². The summed E-state index contributed by atoms with van der Waals surface area (Å²) in [6.07, 6.45) is 0.409. The van der Waals surface area contributed by atoms with Crippen molar-refractivity contribution in [1.29, 1.82) is 0 Å². The third-order valence-corrected chi connectivity index (χ3v) is 3.71. The number of amides is 2. The summed E-state index contributed by atoms with van der Waals surface area (Å²) in [5.41, 5.74) is 0.394. The number of nitrogens with one attached hydrogen (secondary N) is 2. The summed E-state index contributed by atoms with van der Waals surface area (Å²) in [7, 11) is 0. The number of esters is 1. The van der Waals surface area contributed by atoms with E-state index in [1.807, 2.05) is 27.7 Å². The second-order valence-electron chi connectivity index (χ2n) is 6.97. The van der Waals surface area contributed by atoms with Crippen LogP contribution in [0.3, 0.4) is 0 Å². The highest BCUT2D eigenvalue weighted by molar-refractivity contribution is 6.30. The number of halogens is 1. The van der Waals surface area contributed by atoms with E-state index in [2.05, 4.69) is 10.6 Å². The maximum Gasteiger partial charge on any atom is 0.329 e. The van der Waals surface area contributed by atoms with Gasteiger partial charge in [-0.2, -0.15) is 0 Å². The van der Waals surface area contributed by atoms with Gasteiger partial charge in [-0.1, -0.05) is 39.3 Å². The summed E-state index contributed by atoms with van der Waals surface area (Å²) >= 11 is 5.81.